The second-order valence-corrected chi connectivity index (χ2v) is 3.34. The Balaban J connectivity index is 2.66. The van der Waals surface area contributed by atoms with Crippen LogP contribution in [0.15, 0.2) is 6.07 Å². The van der Waals surface area contributed by atoms with Crippen molar-refractivity contribution < 1.29 is 9.47 Å². The van der Waals surface area contributed by atoms with Gasteiger partial charge in [0.05, 0.1) is 6.61 Å². The van der Waals surface area contributed by atoms with Crippen LogP contribution < -0.4 is 4.74 Å². The summed E-state index contributed by atoms with van der Waals surface area (Å²) >= 11 is 5.68. The lowest BCUT2D eigenvalue weighted by Crippen LogP contribution is -2.18. The molecule has 0 saturated heterocycles. The third-order valence-corrected chi connectivity index (χ3v) is 1.70. The molecule has 0 aliphatic carbocycles. The van der Waals surface area contributed by atoms with E-state index in [2.05, 4.69) is 9.97 Å². The summed E-state index contributed by atoms with van der Waals surface area (Å²) in [6.07, 6.45) is -0.0506. The number of hydrogen-bond donors (Lipinski definition) is 0. The number of methoxy groups -OCH3 is 1. The first kappa shape index (κ1) is 11.2. The maximum absolute atomic E-state index is 5.68. The Bertz CT molecular complexity index is 287. The second kappa shape index (κ2) is 5.12. The fraction of sp³-hybridized carbons (Fsp3) is 0.556. The van der Waals surface area contributed by atoms with Crippen LogP contribution in [0, 0.1) is 6.92 Å². The van der Waals surface area contributed by atoms with Crippen LogP contribution in [0.5, 0.6) is 5.88 Å². The zero-order chi connectivity index (χ0) is 10.6. The van der Waals surface area contributed by atoms with E-state index in [9.17, 15) is 0 Å². The first-order chi connectivity index (χ1) is 6.61. The number of halogens is 1. The highest BCUT2D eigenvalue weighted by molar-refractivity contribution is 6.28. The third-order valence-electron chi connectivity index (χ3n) is 1.53. The highest BCUT2D eigenvalue weighted by Gasteiger charge is 2.06. The smallest absolute Gasteiger partial charge is 0.225 e. The highest BCUT2D eigenvalue weighted by Crippen LogP contribution is 2.13. The van der Waals surface area contributed by atoms with Crippen molar-refractivity contribution in [1.82, 2.24) is 9.97 Å². The summed E-state index contributed by atoms with van der Waals surface area (Å²) in [5.74, 6) is 0.479. The van der Waals surface area contributed by atoms with E-state index in [0.29, 0.717) is 12.5 Å². The van der Waals surface area contributed by atoms with Crippen LogP contribution in [-0.4, -0.2) is 29.8 Å². The molecular formula is C9H13ClN2O2. The van der Waals surface area contributed by atoms with Gasteiger partial charge in [-0.2, -0.15) is 4.98 Å². The average molecular weight is 217 g/mol. The Labute approximate surface area is 88.2 Å². The molecule has 0 radical (unpaired) electrons. The van der Waals surface area contributed by atoms with Gasteiger partial charge in [-0.05, 0) is 25.4 Å². The summed E-state index contributed by atoms with van der Waals surface area (Å²) in [5, 5.41) is 0.199. The van der Waals surface area contributed by atoms with Crippen molar-refractivity contribution in [2.24, 2.45) is 0 Å². The number of nitrogens with zero attached hydrogens (tertiary/aromatic N) is 2. The van der Waals surface area contributed by atoms with E-state index in [-0.39, 0.29) is 11.4 Å². The zero-order valence-electron chi connectivity index (χ0n) is 8.45. The van der Waals surface area contributed by atoms with Gasteiger partial charge in [-0.25, -0.2) is 4.98 Å². The second-order valence-electron chi connectivity index (χ2n) is 3.00. The van der Waals surface area contributed by atoms with Crippen molar-refractivity contribution >= 4 is 11.6 Å². The molecule has 0 fully saturated rings. The lowest BCUT2D eigenvalue weighted by atomic mass is 10.4. The first-order valence-electron chi connectivity index (χ1n) is 4.28. The monoisotopic (exact) mass is 216 g/mol. The predicted octanol–water partition coefficient (Wildman–Crippen LogP) is 1.85. The number of aromatic nitrogens is 2. The molecule has 5 heteroatoms. The topological polar surface area (TPSA) is 44.2 Å². The fourth-order valence-corrected chi connectivity index (χ4v) is 1.26. The van der Waals surface area contributed by atoms with E-state index >= 15 is 0 Å². The maximum Gasteiger partial charge on any atom is 0.225 e. The molecule has 4 nitrogen and oxygen atoms in total. The Morgan fingerprint density at radius 2 is 2.21 bits per heavy atom. The van der Waals surface area contributed by atoms with Gasteiger partial charge in [-0.15, -0.1) is 0 Å². The molecular weight excluding hydrogens is 204 g/mol. The van der Waals surface area contributed by atoms with Gasteiger partial charge in [0.15, 0.2) is 0 Å². The van der Waals surface area contributed by atoms with Gasteiger partial charge < -0.3 is 9.47 Å². The van der Waals surface area contributed by atoms with Crippen LogP contribution in [0.1, 0.15) is 12.6 Å². The molecule has 0 bridgehead atoms. The van der Waals surface area contributed by atoms with E-state index in [1.807, 2.05) is 13.8 Å². The molecule has 0 aliphatic heterocycles. The summed E-state index contributed by atoms with van der Waals surface area (Å²) in [6, 6.07) is 1.73. The number of aryl methyl sites for hydroxylation is 1. The van der Waals surface area contributed by atoms with Crippen molar-refractivity contribution in [3.63, 3.8) is 0 Å². The van der Waals surface area contributed by atoms with Gasteiger partial charge in [-0.3, -0.25) is 0 Å². The summed E-state index contributed by atoms with van der Waals surface area (Å²) in [4.78, 5) is 7.86. The number of rotatable bonds is 4. The third kappa shape index (κ3) is 3.47. The lowest BCUT2D eigenvalue weighted by Gasteiger charge is -2.12. The first-order valence-corrected chi connectivity index (χ1v) is 4.66. The number of ether oxygens (including phenoxy) is 2. The van der Waals surface area contributed by atoms with Crippen molar-refractivity contribution in [2.45, 2.75) is 20.0 Å². The summed E-state index contributed by atoms with van der Waals surface area (Å²) in [5.41, 5.74) is 0.782. The summed E-state index contributed by atoms with van der Waals surface area (Å²) < 4.78 is 10.4. The van der Waals surface area contributed by atoms with Crippen LogP contribution in [0.4, 0.5) is 0 Å². The molecule has 1 rings (SSSR count). The molecule has 1 aromatic heterocycles. The SMILES string of the molecule is COCC(C)Oc1cc(C)nc(Cl)n1. The van der Waals surface area contributed by atoms with Gasteiger partial charge in [-0.1, -0.05) is 0 Å². The van der Waals surface area contributed by atoms with Gasteiger partial charge >= 0.3 is 0 Å². The highest BCUT2D eigenvalue weighted by atomic mass is 35.5. The van der Waals surface area contributed by atoms with Gasteiger partial charge in [0.25, 0.3) is 0 Å². The molecule has 1 aromatic rings. The molecule has 0 amide bonds. The van der Waals surface area contributed by atoms with Gasteiger partial charge in [0, 0.05) is 18.9 Å². The molecule has 0 saturated carbocycles. The Morgan fingerprint density at radius 3 is 2.79 bits per heavy atom. The molecule has 1 atom stereocenters. The van der Waals surface area contributed by atoms with E-state index in [0.717, 1.165) is 5.69 Å². The van der Waals surface area contributed by atoms with Crippen LogP contribution in [0.3, 0.4) is 0 Å². The Morgan fingerprint density at radius 1 is 1.50 bits per heavy atom. The zero-order valence-corrected chi connectivity index (χ0v) is 9.21. The van der Waals surface area contributed by atoms with Crippen LogP contribution >= 0.6 is 11.6 Å². The van der Waals surface area contributed by atoms with Crippen molar-refractivity contribution in [1.29, 1.82) is 0 Å². The quantitative estimate of drug-likeness (QED) is 0.721. The Kier molecular flexibility index (Phi) is 4.10. The van der Waals surface area contributed by atoms with Crippen molar-refractivity contribution in [3.05, 3.63) is 17.0 Å². The van der Waals surface area contributed by atoms with Gasteiger partial charge in [0.1, 0.15) is 6.10 Å². The van der Waals surface area contributed by atoms with E-state index < -0.39 is 0 Å². The van der Waals surface area contributed by atoms with E-state index in [1.165, 1.54) is 0 Å². The Hall–Kier alpha value is -0.870. The van der Waals surface area contributed by atoms with Gasteiger partial charge in [0.2, 0.25) is 11.2 Å². The molecule has 0 spiro atoms. The maximum atomic E-state index is 5.68. The molecule has 0 aromatic carbocycles. The molecule has 14 heavy (non-hydrogen) atoms. The normalized spacial score (nSPS) is 12.6. The van der Waals surface area contributed by atoms with Crippen LogP contribution in [-0.2, 0) is 4.74 Å². The van der Waals surface area contributed by atoms with E-state index in [1.54, 1.807) is 13.2 Å². The minimum Gasteiger partial charge on any atom is -0.472 e. The summed E-state index contributed by atoms with van der Waals surface area (Å²) in [6.45, 7) is 4.25. The average Bonchev–Trinajstić information content (AvgIpc) is 2.01. The minimum absolute atomic E-state index is 0.0506. The lowest BCUT2D eigenvalue weighted by molar-refractivity contribution is 0.0888. The largest absolute Gasteiger partial charge is 0.472 e. The predicted molar refractivity (Wildman–Crippen MR) is 53.7 cm³/mol. The standard InChI is InChI=1S/C9H13ClN2O2/c1-6-4-8(12-9(10)11-6)14-7(2)5-13-3/h4,7H,5H2,1-3H3. The molecule has 78 valence electrons. The van der Waals surface area contributed by atoms with Crippen molar-refractivity contribution in [3.8, 4) is 5.88 Å². The minimum atomic E-state index is -0.0506. The van der Waals surface area contributed by atoms with E-state index in [4.69, 9.17) is 21.1 Å². The molecule has 0 N–H and O–H groups in total. The summed E-state index contributed by atoms with van der Waals surface area (Å²) in [7, 11) is 1.62. The van der Waals surface area contributed by atoms with Crippen LogP contribution in [0.2, 0.25) is 5.28 Å². The molecule has 1 unspecified atom stereocenters. The molecule has 0 aliphatic rings. The number of hydrogen-bond acceptors (Lipinski definition) is 4. The van der Waals surface area contributed by atoms with Crippen molar-refractivity contribution in [2.75, 3.05) is 13.7 Å². The molecule has 1 heterocycles. The fourth-order valence-electron chi connectivity index (χ4n) is 1.04. The van der Waals surface area contributed by atoms with Crippen LogP contribution in [0.25, 0.3) is 0 Å².